The summed E-state index contributed by atoms with van der Waals surface area (Å²) in [7, 11) is -1.44. The number of hydrogen-bond acceptors (Lipinski definition) is 3. The van der Waals surface area contributed by atoms with Crippen LogP contribution in [0, 0.1) is 5.92 Å². The molecule has 0 saturated heterocycles. The van der Waals surface area contributed by atoms with E-state index in [-0.39, 0.29) is 11.5 Å². The fourth-order valence-electron chi connectivity index (χ4n) is 1.67. The van der Waals surface area contributed by atoms with Crippen LogP contribution in [-0.2, 0) is 10.0 Å². The molecule has 1 saturated carbocycles. The molecule has 2 atom stereocenters. The van der Waals surface area contributed by atoms with Crippen molar-refractivity contribution in [3.8, 4) is 0 Å². The topological polar surface area (TPSA) is 58.2 Å². The average molecular weight is 216 g/mol. The van der Waals surface area contributed by atoms with E-state index >= 15 is 0 Å². The summed E-state index contributed by atoms with van der Waals surface area (Å²) in [4.78, 5) is 0. The van der Waals surface area contributed by atoms with Gasteiger partial charge in [0, 0.05) is 11.6 Å². The Labute approximate surface area is 85.1 Å². The molecule has 0 aromatic rings. The van der Waals surface area contributed by atoms with Gasteiger partial charge in [0.25, 0.3) is 0 Å². The van der Waals surface area contributed by atoms with Gasteiger partial charge in [-0.3, -0.25) is 4.72 Å². The number of rotatable bonds is 5. The van der Waals surface area contributed by atoms with Crippen molar-refractivity contribution in [3.63, 3.8) is 0 Å². The van der Waals surface area contributed by atoms with Crippen molar-refractivity contribution in [2.45, 2.75) is 12.0 Å². The lowest BCUT2D eigenvalue weighted by molar-refractivity contribution is 0.563. The molecule has 4 nitrogen and oxygen atoms in total. The van der Waals surface area contributed by atoms with Crippen LogP contribution in [0.3, 0.4) is 0 Å². The van der Waals surface area contributed by atoms with E-state index in [0.717, 1.165) is 12.7 Å². The molecule has 0 radical (unpaired) electrons. The van der Waals surface area contributed by atoms with Gasteiger partial charge < -0.3 is 5.32 Å². The van der Waals surface area contributed by atoms with Crippen LogP contribution in [0.1, 0.15) is 6.42 Å². The first kappa shape index (κ1) is 11.3. The number of nitrogens with one attached hydrogen (secondary N) is 2. The maximum Gasteiger partial charge on any atom is 0.229 e. The largest absolute Gasteiger partial charge is 0.309 e. The van der Waals surface area contributed by atoms with E-state index in [1.54, 1.807) is 7.05 Å². The standard InChI is InChI=1S/C9H16N2O2S/c1-5-8-6-9(8,10-3)7(2)11-14(4,12)13/h5,8,10-11H,1-2,6H2,3-4H3. The Bertz CT molecular complexity index is 361. The fourth-order valence-corrected chi connectivity index (χ4v) is 2.30. The van der Waals surface area contributed by atoms with Gasteiger partial charge in [-0.05, 0) is 13.5 Å². The number of sulfonamides is 1. The molecule has 2 N–H and O–H groups in total. The van der Waals surface area contributed by atoms with Crippen LogP contribution < -0.4 is 10.0 Å². The minimum Gasteiger partial charge on any atom is -0.309 e. The molecular weight excluding hydrogens is 200 g/mol. The third-order valence-corrected chi connectivity index (χ3v) is 3.21. The van der Waals surface area contributed by atoms with Gasteiger partial charge >= 0.3 is 0 Å². The van der Waals surface area contributed by atoms with E-state index in [0.29, 0.717) is 5.70 Å². The Morgan fingerprint density at radius 1 is 1.64 bits per heavy atom. The van der Waals surface area contributed by atoms with Gasteiger partial charge in [-0.2, -0.15) is 0 Å². The van der Waals surface area contributed by atoms with Crippen molar-refractivity contribution in [2.24, 2.45) is 5.92 Å². The molecule has 0 aliphatic heterocycles. The van der Waals surface area contributed by atoms with E-state index in [1.165, 1.54) is 0 Å². The van der Waals surface area contributed by atoms with Crippen LogP contribution in [0.15, 0.2) is 24.9 Å². The SMILES string of the molecule is C=CC1CC1(NC)C(=C)NS(C)(=O)=O. The molecule has 0 aromatic carbocycles. The van der Waals surface area contributed by atoms with Gasteiger partial charge in [0.15, 0.2) is 0 Å². The van der Waals surface area contributed by atoms with Gasteiger partial charge in [-0.15, -0.1) is 6.58 Å². The van der Waals surface area contributed by atoms with Crippen molar-refractivity contribution in [3.05, 3.63) is 24.9 Å². The highest BCUT2D eigenvalue weighted by molar-refractivity contribution is 7.88. The molecule has 1 aliphatic carbocycles. The molecule has 0 spiro atoms. The third kappa shape index (κ3) is 1.99. The Morgan fingerprint density at radius 2 is 2.21 bits per heavy atom. The quantitative estimate of drug-likeness (QED) is 0.646. The Morgan fingerprint density at radius 3 is 2.50 bits per heavy atom. The van der Waals surface area contributed by atoms with E-state index in [9.17, 15) is 8.42 Å². The Balaban J connectivity index is 2.75. The second kappa shape index (κ2) is 3.40. The van der Waals surface area contributed by atoms with Crippen LogP contribution in [0.25, 0.3) is 0 Å². The molecule has 80 valence electrons. The van der Waals surface area contributed by atoms with Crippen LogP contribution in [-0.4, -0.2) is 27.3 Å². The minimum atomic E-state index is -3.23. The van der Waals surface area contributed by atoms with Crippen LogP contribution in [0.2, 0.25) is 0 Å². The molecule has 14 heavy (non-hydrogen) atoms. The molecule has 5 heteroatoms. The van der Waals surface area contributed by atoms with Gasteiger partial charge in [0.2, 0.25) is 10.0 Å². The highest BCUT2D eigenvalue weighted by atomic mass is 32.2. The summed E-state index contributed by atoms with van der Waals surface area (Å²) in [6, 6.07) is 0. The lowest BCUT2D eigenvalue weighted by Gasteiger charge is -2.19. The van der Waals surface area contributed by atoms with Crippen LogP contribution >= 0.6 is 0 Å². The molecule has 0 aromatic heterocycles. The maximum atomic E-state index is 11.0. The summed E-state index contributed by atoms with van der Waals surface area (Å²) in [6.07, 6.45) is 3.77. The van der Waals surface area contributed by atoms with Crippen LogP contribution in [0.5, 0.6) is 0 Å². The first-order chi connectivity index (χ1) is 6.35. The molecule has 0 amide bonds. The summed E-state index contributed by atoms with van der Waals surface area (Å²) in [5, 5.41) is 3.08. The lowest BCUT2D eigenvalue weighted by atomic mass is 10.1. The second-order valence-electron chi connectivity index (χ2n) is 3.62. The molecule has 1 aliphatic rings. The van der Waals surface area contributed by atoms with Crippen molar-refractivity contribution < 1.29 is 8.42 Å². The molecule has 2 unspecified atom stereocenters. The van der Waals surface area contributed by atoms with Crippen molar-refractivity contribution in [1.29, 1.82) is 0 Å². The van der Waals surface area contributed by atoms with E-state index < -0.39 is 10.0 Å². The zero-order chi connectivity index (χ0) is 11.0. The van der Waals surface area contributed by atoms with Crippen molar-refractivity contribution in [1.82, 2.24) is 10.0 Å². The molecule has 0 heterocycles. The highest BCUT2D eigenvalue weighted by Crippen LogP contribution is 2.47. The molecular formula is C9H16N2O2S. The summed E-state index contributed by atoms with van der Waals surface area (Å²) in [6.45, 7) is 7.43. The predicted octanol–water partition coefficient (Wildman–Crippen LogP) is 0.213. The Hall–Kier alpha value is -0.810. The summed E-state index contributed by atoms with van der Waals surface area (Å²) < 4.78 is 24.4. The summed E-state index contributed by atoms with van der Waals surface area (Å²) in [5.41, 5.74) is 0.164. The first-order valence-corrected chi connectivity index (χ1v) is 6.23. The van der Waals surface area contributed by atoms with Gasteiger partial charge in [0.05, 0.1) is 11.8 Å². The normalized spacial score (nSPS) is 30.9. The van der Waals surface area contributed by atoms with Gasteiger partial charge in [-0.1, -0.05) is 12.7 Å². The zero-order valence-corrected chi connectivity index (χ0v) is 9.32. The number of likely N-dealkylation sites (N-methyl/N-ethyl adjacent to an activating group) is 1. The molecule has 0 bridgehead atoms. The predicted molar refractivity (Wildman–Crippen MR) is 57.2 cm³/mol. The number of hydrogen-bond donors (Lipinski definition) is 2. The van der Waals surface area contributed by atoms with E-state index in [2.05, 4.69) is 23.2 Å². The fraction of sp³-hybridized carbons (Fsp3) is 0.556. The summed E-state index contributed by atoms with van der Waals surface area (Å²) in [5.74, 6) is 0.259. The average Bonchev–Trinajstić information content (AvgIpc) is 2.76. The highest BCUT2D eigenvalue weighted by Gasteiger charge is 2.54. The molecule has 1 rings (SSSR count). The van der Waals surface area contributed by atoms with E-state index in [1.807, 2.05) is 6.08 Å². The van der Waals surface area contributed by atoms with Gasteiger partial charge in [0.1, 0.15) is 0 Å². The lowest BCUT2D eigenvalue weighted by Crippen LogP contribution is -2.39. The summed E-state index contributed by atoms with van der Waals surface area (Å²) >= 11 is 0. The van der Waals surface area contributed by atoms with Gasteiger partial charge in [-0.25, -0.2) is 8.42 Å². The first-order valence-electron chi connectivity index (χ1n) is 4.34. The zero-order valence-electron chi connectivity index (χ0n) is 8.50. The molecule has 1 fully saturated rings. The van der Waals surface area contributed by atoms with Crippen molar-refractivity contribution >= 4 is 10.0 Å². The van der Waals surface area contributed by atoms with Crippen LogP contribution in [0.4, 0.5) is 0 Å². The second-order valence-corrected chi connectivity index (χ2v) is 5.37. The van der Waals surface area contributed by atoms with E-state index in [4.69, 9.17) is 0 Å². The monoisotopic (exact) mass is 216 g/mol. The van der Waals surface area contributed by atoms with Crippen molar-refractivity contribution in [2.75, 3.05) is 13.3 Å². The maximum absolute atomic E-state index is 11.0. The Kier molecular flexibility index (Phi) is 2.74. The smallest absolute Gasteiger partial charge is 0.229 e. The third-order valence-electron chi connectivity index (χ3n) is 2.59. The minimum absolute atomic E-state index is 0.259.